The molecule has 0 spiro atoms. The van der Waals surface area contributed by atoms with Crippen LogP contribution in [-0.4, -0.2) is 44.8 Å². The molecule has 14 heavy (non-hydrogen) atoms. The highest BCUT2D eigenvalue weighted by molar-refractivity contribution is 4.67. The Balaban J connectivity index is 2.11. The topological polar surface area (TPSA) is 61.2 Å². The van der Waals surface area contributed by atoms with Crippen LogP contribution < -0.4 is 0 Å². The maximum atomic E-state index is 8.12. The molecule has 1 aliphatic rings. The lowest BCUT2D eigenvalue weighted by Gasteiger charge is -2.26. The third kappa shape index (κ3) is 4.46. The minimum absolute atomic E-state index is 0.566. The highest BCUT2D eigenvalue weighted by atomic mass is 16.5. The van der Waals surface area contributed by atoms with Crippen LogP contribution in [0.2, 0.25) is 0 Å². The SMILES string of the molecule is CN(CCN=[N+]=[N-])CC1CCOCC1. The summed E-state index contributed by atoms with van der Waals surface area (Å²) in [4.78, 5) is 4.96. The van der Waals surface area contributed by atoms with E-state index >= 15 is 0 Å². The van der Waals surface area contributed by atoms with Gasteiger partial charge in [-0.2, -0.15) is 0 Å². The molecule has 0 amide bonds. The lowest BCUT2D eigenvalue weighted by Crippen LogP contribution is -2.31. The molecular weight excluding hydrogens is 180 g/mol. The Hall–Kier alpha value is -0.770. The minimum atomic E-state index is 0.566. The van der Waals surface area contributed by atoms with Crippen LogP contribution in [0.15, 0.2) is 5.11 Å². The van der Waals surface area contributed by atoms with Crippen LogP contribution >= 0.6 is 0 Å². The van der Waals surface area contributed by atoms with Gasteiger partial charge in [-0.05, 0) is 31.3 Å². The molecule has 1 aliphatic heterocycles. The summed E-state index contributed by atoms with van der Waals surface area (Å²) in [7, 11) is 2.07. The smallest absolute Gasteiger partial charge is 0.0469 e. The first kappa shape index (κ1) is 11.3. The molecule has 1 saturated heterocycles. The number of hydrogen-bond acceptors (Lipinski definition) is 3. The number of azide groups is 1. The van der Waals surface area contributed by atoms with E-state index in [0.29, 0.717) is 6.54 Å². The maximum Gasteiger partial charge on any atom is 0.0469 e. The summed E-state index contributed by atoms with van der Waals surface area (Å²) in [5.74, 6) is 0.750. The summed E-state index contributed by atoms with van der Waals surface area (Å²) >= 11 is 0. The molecule has 80 valence electrons. The molecule has 1 fully saturated rings. The third-order valence-electron chi connectivity index (χ3n) is 2.56. The van der Waals surface area contributed by atoms with Crippen molar-refractivity contribution in [1.82, 2.24) is 4.90 Å². The molecule has 0 saturated carbocycles. The fourth-order valence-electron chi connectivity index (χ4n) is 1.72. The molecule has 0 aromatic heterocycles. The number of likely N-dealkylation sites (N-methyl/N-ethyl adjacent to an activating group) is 1. The fourth-order valence-corrected chi connectivity index (χ4v) is 1.72. The monoisotopic (exact) mass is 198 g/mol. The highest BCUT2D eigenvalue weighted by Crippen LogP contribution is 2.15. The van der Waals surface area contributed by atoms with Gasteiger partial charge in [-0.15, -0.1) is 0 Å². The molecule has 1 heterocycles. The zero-order valence-electron chi connectivity index (χ0n) is 8.72. The van der Waals surface area contributed by atoms with Crippen molar-refractivity contribution in [2.75, 3.05) is 39.9 Å². The zero-order valence-corrected chi connectivity index (χ0v) is 8.72. The van der Waals surface area contributed by atoms with Gasteiger partial charge in [-0.25, -0.2) is 0 Å². The second-order valence-electron chi connectivity index (χ2n) is 3.77. The predicted molar refractivity (Wildman–Crippen MR) is 55.1 cm³/mol. The summed E-state index contributed by atoms with van der Waals surface area (Å²) in [5, 5.41) is 3.52. The van der Waals surface area contributed by atoms with E-state index in [9.17, 15) is 0 Å². The quantitative estimate of drug-likeness (QED) is 0.383. The summed E-state index contributed by atoms with van der Waals surface area (Å²) in [6.07, 6.45) is 2.32. The molecule has 0 aliphatic carbocycles. The van der Waals surface area contributed by atoms with Gasteiger partial charge in [0, 0.05) is 37.8 Å². The molecule has 5 nitrogen and oxygen atoms in total. The molecular formula is C9H18N4O. The van der Waals surface area contributed by atoms with Crippen molar-refractivity contribution < 1.29 is 4.74 Å². The van der Waals surface area contributed by atoms with E-state index in [-0.39, 0.29) is 0 Å². The largest absolute Gasteiger partial charge is 0.381 e. The van der Waals surface area contributed by atoms with Crippen LogP contribution in [-0.2, 0) is 4.74 Å². The summed E-state index contributed by atoms with van der Waals surface area (Å²) in [6, 6.07) is 0. The molecule has 1 rings (SSSR count). The van der Waals surface area contributed by atoms with Crippen LogP contribution in [0.5, 0.6) is 0 Å². The summed E-state index contributed by atoms with van der Waals surface area (Å²) < 4.78 is 5.29. The Morgan fingerprint density at radius 3 is 2.86 bits per heavy atom. The number of rotatable bonds is 5. The van der Waals surface area contributed by atoms with Gasteiger partial charge in [0.05, 0.1) is 0 Å². The van der Waals surface area contributed by atoms with Crippen molar-refractivity contribution in [2.45, 2.75) is 12.8 Å². The maximum absolute atomic E-state index is 8.12. The highest BCUT2D eigenvalue weighted by Gasteiger charge is 2.14. The average molecular weight is 198 g/mol. The van der Waals surface area contributed by atoms with Gasteiger partial charge in [0.25, 0.3) is 0 Å². The van der Waals surface area contributed by atoms with Crippen molar-refractivity contribution in [3.05, 3.63) is 10.4 Å². The van der Waals surface area contributed by atoms with E-state index in [1.54, 1.807) is 0 Å². The van der Waals surface area contributed by atoms with Gasteiger partial charge in [0.2, 0.25) is 0 Å². The second kappa shape index (κ2) is 6.65. The Morgan fingerprint density at radius 2 is 2.21 bits per heavy atom. The molecule has 0 radical (unpaired) electrons. The van der Waals surface area contributed by atoms with Gasteiger partial charge in [0.15, 0.2) is 0 Å². The van der Waals surface area contributed by atoms with Crippen LogP contribution in [0.3, 0.4) is 0 Å². The first-order valence-corrected chi connectivity index (χ1v) is 5.10. The van der Waals surface area contributed by atoms with Crippen molar-refractivity contribution in [2.24, 2.45) is 11.0 Å². The van der Waals surface area contributed by atoms with E-state index in [2.05, 4.69) is 22.0 Å². The standard InChI is InChI=1S/C9H18N4O/c1-13(5-4-11-12-10)8-9-2-6-14-7-3-9/h9H,2-8H2,1H3. The Labute approximate surface area is 84.7 Å². The van der Waals surface area contributed by atoms with E-state index in [1.807, 2.05) is 0 Å². The van der Waals surface area contributed by atoms with Crippen molar-refractivity contribution in [3.63, 3.8) is 0 Å². The average Bonchev–Trinajstić information content (AvgIpc) is 2.20. The van der Waals surface area contributed by atoms with Crippen molar-refractivity contribution in [1.29, 1.82) is 0 Å². The van der Waals surface area contributed by atoms with Crippen LogP contribution in [0, 0.1) is 5.92 Å². The Bertz CT molecular complexity index is 197. The van der Waals surface area contributed by atoms with Gasteiger partial charge in [0.1, 0.15) is 0 Å². The molecule has 0 unspecified atom stereocenters. The number of nitrogens with zero attached hydrogens (tertiary/aromatic N) is 4. The molecule has 0 atom stereocenters. The summed E-state index contributed by atoms with van der Waals surface area (Å²) in [5.41, 5.74) is 8.12. The first-order valence-electron chi connectivity index (χ1n) is 5.10. The molecule has 0 aromatic rings. The number of ether oxygens (including phenoxy) is 1. The number of hydrogen-bond donors (Lipinski definition) is 0. The van der Waals surface area contributed by atoms with Gasteiger partial charge in [-0.3, -0.25) is 0 Å². The zero-order chi connectivity index (χ0) is 10.2. The van der Waals surface area contributed by atoms with Gasteiger partial charge in [-0.1, -0.05) is 5.11 Å². The van der Waals surface area contributed by atoms with E-state index in [1.165, 1.54) is 0 Å². The first-order chi connectivity index (χ1) is 6.83. The van der Waals surface area contributed by atoms with E-state index in [4.69, 9.17) is 10.3 Å². The Kier molecular flexibility index (Phi) is 5.37. The van der Waals surface area contributed by atoms with E-state index < -0.39 is 0 Å². The third-order valence-corrected chi connectivity index (χ3v) is 2.56. The lowest BCUT2D eigenvalue weighted by atomic mass is 10.00. The van der Waals surface area contributed by atoms with Gasteiger partial charge < -0.3 is 9.64 Å². The van der Waals surface area contributed by atoms with Gasteiger partial charge >= 0.3 is 0 Å². The second-order valence-corrected chi connectivity index (χ2v) is 3.77. The van der Waals surface area contributed by atoms with Crippen LogP contribution in [0.4, 0.5) is 0 Å². The van der Waals surface area contributed by atoms with Crippen LogP contribution in [0.25, 0.3) is 10.4 Å². The predicted octanol–water partition coefficient (Wildman–Crippen LogP) is 1.66. The molecule has 0 bridgehead atoms. The minimum Gasteiger partial charge on any atom is -0.381 e. The summed E-state index contributed by atoms with van der Waals surface area (Å²) in [6.45, 7) is 4.30. The Morgan fingerprint density at radius 1 is 1.50 bits per heavy atom. The van der Waals surface area contributed by atoms with E-state index in [0.717, 1.165) is 45.1 Å². The fraction of sp³-hybridized carbons (Fsp3) is 1.00. The molecule has 0 aromatic carbocycles. The van der Waals surface area contributed by atoms with Crippen molar-refractivity contribution in [3.8, 4) is 0 Å². The molecule has 0 N–H and O–H groups in total. The lowest BCUT2D eigenvalue weighted by molar-refractivity contribution is 0.0561. The van der Waals surface area contributed by atoms with Crippen molar-refractivity contribution >= 4 is 0 Å². The van der Waals surface area contributed by atoms with Crippen LogP contribution in [0.1, 0.15) is 12.8 Å². The molecule has 5 heteroatoms. The normalized spacial score (nSPS) is 18.1.